The third-order valence-electron chi connectivity index (χ3n) is 11.3. The van der Waals surface area contributed by atoms with Crippen LogP contribution in [0.4, 0.5) is 0 Å². The highest BCUT2D eigenvalue weighted by molar-refractivity contribution is 7.63. The van der Waals surface area contributed by atoms with E-state index in [1.807, 2.05) is 0 Å². The molecule has 0 amide bonds. The van der Waals surface area contributed by atoms with Gasteiger partial charge in [0.05, 0.1) is 0 Å². The van der Waals surface area contributed by atoms with Crippen LogP contribution in [0.15, 0.2) is 170 Å². The molecule has 0 aromatic heterocycles. The van der Waals surface area contributed by atoms with Gasteiger partial charge in [0.1, 0.15) is 0 Å². The zero-order valence-corrected chi connectivity index (χ0v) is 34.4. The van der Waals surface area contributed by atoms with Gasteiger partial charge in [0, 0.05) is 11.3 Å². The molecule has 0 spiro atoms. The lowest BCUT2D eigenvalue weighted by Crippen LogP contribution is -2.25. The van der Waals surface area contributed by atoms with Crippen LogP contribution in [0.5, 0.6) is 0 Å². The van der Waals surface area contributed by atoms with Crippen LogP contribution in [-0.2, 0) is 12.3 Å². The summed E-state index contributed by atoms with van der Waals surface area (Å²) in [6.45, 7) is 15.1. The molecule has 8 rings (SSSR count). The summed E-state index contributed by atoms with van der Waals surface area (Å²) < 4.78 is 0. The number of hydrogen-bond donors (Lipinski definition) is 0. The largest absolute Gasteiger partial charge is 0.0880 e. The van der Waals surface area contributed by atoms with E-state index < -0.39 is 15.8 Å². The Labute approximate surface area is 325 Å². The standard InChI is InChI=1S/C52H52P2/c1-51(2,3)53(35-37-23-25-39-15-7-11-19-43(39)31-37)49(47-29-27-41-17-9-13-21-45(41)33-47)50(48-30-28-42-18-10-14-22-46(42)34-48)54(52(4,5)6)36-38-24-26-40-16-8-12-20-44(40)32-38/h7-34,49-50H,35-36H2,1-6H3/t49-,50-,53?,54?/m1/s1. The molecular weight excluding hydrogens is 687 g/mol. The van der Waals surface area contributed by atoms with Crippen LogP contribution in [0, 0.1) is 0 Å². The van der Waals surface area contributed by atoms with E-state index in [-0.39, 0.29) is 10.3 Å². The van der Waals surface area contributed by atoms with Crippen molar-refractivity contribution in [3.63, 3.8) is 0 Å². The summed E-state index contributed by atoms with van der Waals surface area (Å²) in [6, 6.07) is 64.9. The fourth-order valence-corrected chi connectivity index (χ4v) is 15.6. The molecule has 0 radical (unpaired) electrons. The third kappa shape index (κ3) is 7.76. The smallest absolute Gasteiger partial charge is 0.0158 e. The van der Waals surface area contributed by atoms with Gasteiger partial charge in [-0.1, -0.05) is 227 Å². The van der Waals surface area contributed by atoms with E-state index in [0.29, 0.717) is 11.3 Å². The summed E-state index contributed by atoms with van der Waals surface area (Å²) in [5.41, 5.74) is 6.55. The molecule has 0 heterocycles. The molecule has 0 aliphatic carbocycles. The van der Waals surface area contributed by atoms with E-state index in [2.05, 4.69) is 211 Å². The van der Waals surface area contributed by atoms with Crippen LogP contribution in [0.25, 0.3) is 43.1 Å². The van der Waals surface area contributed by atoms with Crippen molar-refractivity contribution < 1.29 is 0 Å². The normalized spacial score (nSPS) is 14.7. The van der Waals surface area contributed by atoms with Gasteiger partial charge < -0.3 is 0 Å². The van der Waals surface area contributed by atoms with Crippen LogP contribution >= 0.6 is 15.8 Å². The van der Waals surface area contributed by atoms with E-state index in [1.165, 1.54) is 65.3 Å². The van der Waals surface area contributed by atoms with Crippen LogP contribution in [0.2, 0.25) is 0 Å². The molecule has 0 aliphatic heterocycles. The second-order valence-electron chi connectivity index (χ2n) is 17.1. The lowest BCUT2D eigenvalue weighted by Gasteiger charge is -2.48. The van der Waals surface area contributed by atoms with Gasteiger partial charge >= 0.3 is 0 Å². The topological polar surface area (TPSA) is 0 Å². The Morgan fingerprint density at radius 2 is 0.611 bits per heavy atom. The van der Waals surface area contributed by atoms with Gasteiger partial charge in [-0.15, -0.1) is 0 Å². The summed E-state index contributed by atoms with van der Waals surface area (Å²) in [6.07, 6.45) is 2.16. The van der Waals surface area contributed by atoms with Crippen molar-refractivity contribution in [1.82, 2.24) is 0 Å². The lowest BCUT2D eigenvalue weighted by molar-refractivity contribution is 0.720. The maximum atomic E-state index is 2.56. The second kappa shape index (κ2) is 15.1. The monoisotopic (exact) mass is 738 g/mol. The second-order valence-corrected chi connectivity index (χ2v) is 23.4. The molecule has 0 N–H and O–H groups in total. The Morgan fingerprint density at radius 1 is 0.333 bits per heavy atom. The summed E-state index contributed by atoms with van der Waals surface area (Å²) in [4.78, 5) is 0. The summed E-state index contributed by atoms with van der Waals surface area (Å²) in [7, 11) is -1.20. The van der Waals surface area contributed by atoms with Crippen molar-refractivity contribution in [1.29, 1.82) is 0 Å². The molecule has 0 aliphatic rings. The molecule has 2 unspecified atom stereocenters. The highest BCUT2D eigenvalue weighted by atomic mass is 31.1. The Balaban J connectivity index is 1.37. The minimum atomic E-state index is -0.601. The molecule has 0 saturated carbocycles. The van der Waals surface area contributed by atoms with Gasteiger partial charge in [-0.25, -0.2) is 0 Å². The van der Waals surface area contributed by atoms with Crippen LogP contribution < -0.4 is 0 Å². The first-order chi connectivity index (χ1) is 26.0. The first kappa shape index (κ1) is 36.6. The van der Waals surface area contributed by atoms with E-state index in [1.54, 1.807) is 0 Å². The van der Waals surface area contributed by atoms with Gasteiger partial charge in [-0.2, -0.15) is 0 Å². The van der Waals surface area contributed by atoms with Crippen molar-refractivity contribution in [2.75, 3.05) is 0 Å². The van der Waals surface area contributed by atoms with E-state index in [4.69, 9.17) is 0 Å². The molecule has 0 saturated heterocycles. The molecule has 2 heteroatoms. The molecule has 0 nitrogen and oxygen atoms in total. The lowest BCUT2D eigenvalue weighted by atomic mass is 9.98. The first-order valence-corrected chi connectivity index (χ1v) is 22.7. The molecule has 54 heavy (non-hydrogen) atoms. The van der Waals surface area contributed by atoms with Gasteiger partial charge in [-0.05, 0) is 88.0 Å². The van der Waals surface area contributed by atoms with Crippen molar-refractivity contribution in [2.24, 2.45) is 0 Å². The third-order valence-corrected chi connectivity index (χ3v) is 18.9. The summed E-state index contributed by atoms with van der Waals surface area (Å²) in [5.74, 6) is 0. The summed E-state index contributed by atoms with van der Waals surface area (Å²) >= 11 is 0. The number of hydrogen-bond acceptors (Lipinski definition) is 0. The Kier molecular flexibility index (Phi) is 10.2. The Hall–Kier alpha value is -4.34. The number of rotatable bonds is 9. The number of benzene rings is 8. The number of fused-ring (bicyclic) bond motifs is 4. The predicted octanol–water partition coefficient (Wildman–Crippen LogP) is 16.0. The molecule has 4 atom stereocenters. The maximum absolute atomic E-state index is 2.56. The molecule has 270 valence electrons. The van der Waals surface area contributed by atoms with E-state index >= 15 is 0 Å². The predicted molar refractivity (Wildman–Crippen MR) is 242 cm³/mol. The van der Waals surface area contributed by atoms with Gasteiger partial charge in [-0.3, -0.25) is 0 Å². The minimum absolute atomic E-state index is 0.0915. The van der Waals surface area contributed by atoms with Crippen molar-refractivity contribution in [3.8, 4) is 0 Å². The zero-order chi connectivity index (χ0) is 37.5. The van der Waals surface area contributed by atoms with Crippen molar-refractivity contribution in [2.45, 2.75) is 75.5 Å². The van der Waals surface area contributed by atoms with Crippen LogP contribution in [0.1, 0.15) is 75.1 Å². The molecule has 0 fully saturated rings. The van der Waals surface area contributed by atoms with Crippen molar-refractivity contribution in [3.05, 3.63) is 192 Å². The quantitative estimate of drug-likeness (QED) is 0.129. The zero-order valence-electron chi connectivity index (χ0n) is 32.6. The fraction of sp³-hybridized carbons (Fsp3) is 0.231. The SMILES string of the molecule is CC(C)(C)P(Cc1ccc2ccccc2c1)[C@H](c1ccc2ccccc2c1)[C@@H](c1ccc2ccccc2c1)P(Cc1ccc2ccccc2c1)C(C)(C)C. The Morgan fingerprint density at radius 3 is 0.926 bits per heavy atom. The van der Waals surface area contributed by atoms with Crippen LogP contribution in [-0.4, -0.2) is 10.3 Å². The fourth-order valence-electron chi connectivity index (χ4n) is 8.42. The Bertz CT molecular complexity index is 2390. The highest BCUT2D eigenvalue weighted by Crippen LogP contribution is 2.76. The van der Waals surface area contributed by atoms with E-state index in [0.717, 1.165) is 12.3 Å². The van der Waals surface area contributed by atoms with Crippen molar-refractivity contribution >= 4 is 58.9 Å². The average Bonchev–Trinajstić information content (AvgIpc) is 3.17. The first-order valence-electron chi connectivity index (χ1n) is 19.5. The summed E-state index contributed by atoms with van der Waals surface area (Å²) in [5, 5.41) is 10.8. The van der Waals surface area contributed by atoms with Crippen LogP contribution in [0.3, 0.4) is 0 Å². The molecule has 8 aromatic carbocycles. The van der Waals surface area contributed by atoms with Gasteiger partial charge in [0.25, 0.3) is 0 Å². The minimum Gasteiger partial charge on any atom is -0.0880 e. The van der Waals surface area contributed by atoms with Gasteiger partial charge in [0.15, 0.2) is 0 Å². The molecule has 8 aromatic rings. The van der Waals surface area contributed by atoms with Gasteiger partial charge in [0.2, 0.25) is 0 Å². The van der Waals surface area contributed by atoms with E-state index in [9.17, 15) is 0 Å². The average molecular weight is 739 g/mol. The highest BCUT2D eigenvalue weighted by Gasteiger charge is 2.44. The molecular formula is C52H52P2. The molecule has 0 bridgehead atoms. The maximum Gasteiger partial charge on any atom is 0.0158 e.